The Morgan fingerprint density at radius 3 is 2.33 bits per heavy atom. The van der Waals surface area contributed by atoms with Crippen LogP contribution in [0.1, 0.15) is 94.0 Å². The molecule has 0 N–H and O–H groups in total. The summed E-state index contributed by atoms with van der Waals surface area (Å²) in [7, 11) is 0. The zero-order valence-corrected chi connectivity index (χ0v) is 23.7. The van der Waals surface area contributed by atoms with E-state index in [1.165, 1.54) is 56.7 Å². The first-order valence-electron chi connectivity index (χ1n) is 14.6. The number of unbranched alkanes of at least 4 members (excludes halogenated alkanes) is 6. The molecule has 1 unspecified atom stereocenters. The number of aryl methyl sites for hydroxylation is 1. The van der Waals surface area contributed by atoms with Gasteiger partial charge in [-0.3, -0.25) is 0 Å². The Morgan fingerprint density at radius 1 is 0.897 bits per heavy atom. The van der Waals surface area contributed by atoms with Crippen LogP contribution < -0.4 is 9.47 Å². The number of nitrogens with zero attached hydrogens (tertiary/aromatic N) is 2. The Hall–Kier alpha value is -3.47. The molecule has 0 amide bonds. The monoisotopic (exact) mass is 528 g/mol. The molecule has 3 rings (SSSR count). The first-order valence-corrected chi connectivity index (χ1v) is 14.6. The van der Waals surface area contributed by atoms with Gasteiger partial charge in [-0.05, 0) is 80.0 Å². The van der Waals surface area contributed by atoms with E-state index in [2.05, 4.69) is 30.4 Å². The zero-order valence-electron chi connectivity index (χ0n) is 23.7. The molecule has 0 radical (unpaired) electrons. The summed E-state index contributed by atoms with van der Waals surface area (Å²) in [6.45, 7) is 9.07. The molecule has 0 spiro atoms. The van der Waals surface area contributed by atoms with Gasteiger partial charge < -0.3 is 9.47 Å². The Morgan fingerprint density at radius 2 is 1.64 bits per heavy atom. The van der Waals surface area contributed by atoms with Gasteiger partial charge in [0.2, 0.25) is 5.88 Å². The third-order valence-corrected chi connectivity index (χ3v) is 7.10. The zero-order chi connectivity index (χ0) is 27.7. The maximum Gasteiger partial charge on any atom is 0.344 e. The van der Waals surface area contributed by atoms with Crippen molar-refractivity contribution in [2.45, 2.75) is 84.5 Å². The molecule has 0 fully saturated rings. The van der Waals surface area contributed by atoms with Crippen LogP contribution >= 0.6 is 0 Å². The lowest BCUT2D eigenvalue weighted by Gasteiger charge is -2.09. The second-order valence-corrected chi connectivity index (χ2v) is 10.3. The largest absolute Gasteiger partial charge is 0.494 e. The number of rotatable bonds is 18. The molecule has 1 aromatic heterocycles. The summed E-state index contributed by atoms with van der Waals surface area (Å²) in [5.41, 5.74) is 3.37. The number of carbonyl (C=O) groups is 1. The van der Waals surface area contributed by atoms with Crippen LogP contribution in [0.3, 0.4) is 0 Å². The maximum absolute atomic E-state index is 12.6. The summed E-state index contributed by atoms with van der Waals surface area (Å²) in [6, 6.07) is 15.5. The van der Waals surface area contributed by atoms with Gasteiger partial charge in [0, 0.05) is 5.56 Å². The quantitative estimate of drug-likeness (QED) is 0.0936. The van der Waals surface area contributed by atoms with Crippen LogP contribution in [-0.2, 0) is 6.42 Å². The van der Waals surface area contributed by atoms with Gasteiger partial charge >= 0.3 is 5.97 Å². The maximum atomic E-state index is 12.6. The van der Waals surface area contributed by atoms with Crippen molar-refractivity contribution in [2.75, 3.05) is 6.61 Å². The first-order chi connectivity index (χ1) is 19.1. The van der Waals surface area contributed by atoms with E-state index in [1.54, 1.807) is 6.20 Å². The molecule has 39 heavy (non-hydrogen) atoms. The average Bonchev–Trinajstić information content (AvgIpc) is 2.97. The van der Waals surface area contributed by atoms with Crippen molar-refractivity contribution in [3.8, 4) is 22.9 Å². The fraction of sp³-hybridized carbons (Fsp3) is 0.441. The summed E-state index contributed by atoms with van der Waals surface area (Å²) >= 11 is 0. The molecule has 0 saturated heterocycles. The van der Waals surface area contributed by atoms with Crippen molar-refractivity contribution in [1.82, 2.24) is 9.97 Å². The molecule has 1 heterocycles. The van der Waals surface area contributed by atoms with Crippen LogP contribution in [0.25, 0.3) is 11.3 Å². The summed E-state index contributed by atoms with van der Waals surface area (Å²) in [6.07, 6.45) is 18.1. The number of aromatic nitrogens is 2. The van der Waals surface area contributed by atoms with Crippen molar-refractivity contribution in [3.05, 3.63) is 84.7 Å². The van der Waals surface area contributed by atoms with E-state index in [9.17, 15) is 4.79 Å². The summed E-state index contributed by atoms with van der Waals surface area (Å²) in [4.78, 5) is 21.3. The first kappa shape index (κ1) is 30.1. The summed E-state index contributed by atoms with van der Waals surface area (Å²) < 4.78 is 11.3. The highest BCUT2D eigenvalue weighted by Crippen LogP contribution is 2.22. The standard InChI is InChI=1S/C34H44N2O3/c1-4-6-7-8-9-12-15-28-16-18-30(19-17-28)34(37)39-33-26-35-32(25-36-33)29-20-22-31(23-21-29)38-24-13-10-11-14-27(3)5-2/h4,16-23,25-27H,1,5-15,24H2,2-3H3. The highest BCUT2D eigenvalue weighted by molar-refractivity contribution is 5.90. The van der Waals surface area contributed by atoms with Gasteiger partial charge in [0.1, 0.15) is 5.75 Å². The summed E-state index contributed by atoms with van der Waals surface area (Å²) in [5.74, 6) is 1.42. The minimum atomic E-state index is -0.436. The number of esters is 1. The van der Waals surface area contributed by atoms with E-state index >= 15 is 0 Å². The normalized spacial score (nSPS) is 11.6. The Balaban J connectivity index is 1.40. The molecule has 5 heteroatoms. The molecular weight excluding hydrogens is 484 g/mol. The Kier molecular flexibility index (Phi) is 13.3. The lowest BCUT2D eigenvalue weighted by Crippen LogP contribution is -2.09. The van der Waals surface area contributed by atoms with Crippen molar-refractivity contribution in [3.63, 3.8) is 0 Å². The van der Waals surface area contributed by atoms with Gasteiger partial charge in [-0.15, -0.1) is 6.58 Å². The molecule has 3 aromatic rings. The van der Waals surface area contributed by atoms with Gasteiger partial charge in [-0.25, -0.2) is 14.8 Å². The van der Waals surface area contributed by atoms with E-state index in [-0.39, 0.29) is 5.88 Å². The van der Waals surface area contributed by atoms with Gasteiger partial charge in [-0.2, -0.15) is 0 Å². The third kappa shape index (κ3) is 11.0. The number of carbonyl (C=O) groups excluding carboxylic acids is 1. The fourth-order valence-electron chi connectivity index (χ4n) is 4.34. The average molecular weight is 529 g/mol. The third-order valence-electron chi connectivity index (χ3n) is 7.10. The molecule has 208 valence electrons. The number of hydrogen-bond acceptors (Lipinski definition) is 5. The predicted molar refractivity (Wildman–Crippen MR) is 159 cm³/mol. The van der Waals surface area contributed by atoms with Crippen LogP contribution in [0.4, 0.5) is 0 Å². The van der Waals surface area contributed by atoms with E-state index in [1.807, 2.05) is 54.6 Å². The highest BCUT2D eigenvalue weighted by atomic mass is 16.5. The van der Waals surface area contributed by atoms with Crippen LogP contribution in [0, 0.1) is 5.92 Å². The van der Waals surface area contributed by atoms with Crippen molar-refractivity contribution >= 4 is 5.97 Å². The molecule has 5 nitrogen and oxygen atoms in total. The Bertz CT molecular complexity index is 1110. The molecule has 0 aliphatic rings. The van der Waals surface area contributed by atoms with E-state index in [0.717, 1.165) is 49.5 Å². The van der Waals surface area contributed by atoms with Crippen LogP contribution in [0.2, 0.25) is 0 Å². The van der Waals surface area contributed by atoms with Gasteiger partial charge in [-0.1, -0.05) is 70.6 Å². The topological polar surface area (TPSA) is 61.3 Å². The van der Waals surface area contributed by atoms with E-state index in [0.29, 0.717) is 11.3 Å². The van der Waals surface area contributed by atoms with Gasteiger partial charge in [0.15, 0.2) is 0 Å². The minimum absolute atomic E-state index is 0.181. The molecule has 0 bridgehead atoms. The number of hydrogen-bond donors (Lipinski definition) is 0. The van der Waals surface area contributed by atoms with E-state index in [4.69, 9.17) is 9.47 Å². The van der Waals surface area contributed by atoms with Crippen LogP contribution in [0.15, 0.2) is 73.6 Å². The second-order valence-electron chi connectivity index (χ2n) is 10.3. The number of ether oxygens (including phenoxy) is 2. The predicted octanol–water partition coefficient (Wildman–Crippen LogP) is 9.03. The molecule has 0 saturated carbocycles. The molecule has 0 aliphatic carbocycles. The van der Waals surface area contributed by atoms with Crippen molar-refractivity contribution < 1.29 is 14.3 Å². The van der Waals surface area contributed by atoms with Crippen LogP contribution in [-0.4, -0.2) is 22.5 Å². The lowest BCUT2D eigenvalue weighted by molar-refractivity contribution is 0.0727. The lowest BCUT2D eigenvalue weighted by atomic mass is 10.0. The molecule has 2 aromatic carbocycles. The van der Waals surface area contributed by atoms with E-state index < -0.39 is 5.97 Å². The van der Waals surface area contributed by atoms with Gasteiger partial charge in [0.05, 0.1) is 30.3 Å². The second kappa shape index (κ2) is 17.2. The fourth-order valence-corrected chi connectivity index (χ4v) is 4.34. The van der Waals surface area contributed by atoms with Crippen molar-refractivity contribution in [2.24, 2.45) is 5.92 Å². The molecule has 0 aliphatic heterocycles. The molecular formula is C34H44N2O3. The SMILES string of the molecule is C=CCCCCCCc1ccc(C(=O)Oc2cnc(-c3ccc(OCCCCCC(C)CC)cc3)cn2)cc1. The van der Waals surface area contributed by atoms with Crippen molar-refractivity contribution in [1.29, 1.82) is 0 Å². The smallest absolute Gasteiger partial charge is 0.344 e. The van der Waals surface area contributed by atoms with Gasteiger partial charge in [0.25, 0.3) is 0 Å². The van der Waals surface area contributed by atoms with Crippen LogP contribution in [0.5, 0.6) is 11.6 Å². The number of allylic oxidation sites excluding steroid dienone is 1. The molecule has 1 atom stereocenters. The highest BCUT2D eigenvalue weighted by Gasteiger charge is 2.11. The summed E-state index contributed by atoms with van der Waals surface area (Å²) in [5, 5.41) is 0. The Labute approximate surface area is 234 Å². The minimum Gasteiger partial charge on any atom is -0.494 e. The number of benzene rings is 2.